The molecule has 0 amide bonds. The van der Waals surface area contributed by atoms with E-state index in [4.69, 9.17) is 0 Å². The molecule has 1 aliphatic rings. The van der Waals surface area contributed by atoms with Crippen molar-refractivity contribution in [3.8, 4) is 0 Å². The quantitative estimate of drug-likeness (QED) is 0.866. The van der Waals surface area contributed by atoms with Crippen LogP contribution >= 0.6 is 11.5 Å². The smallest absolute Gasteiger partial charge is 0.202 e. The number of hydrogen-bond donors (Lipinski definition) is 1. The number of hydrogen-bond acceptors (Lipinski definition) is 6. The van der Waals surface area contributed by atoms with Crippen LogP contribution in [-0.2, 0) is 9.84 Å². The second-order valence-corrected chi connectivity index (χ2v) is 6.97. The van der Waals surface area contributed by atoms with Gasteiger partial charge >= 0.3 is 0 Å². The lowest BCUT2D eigenvalue weighted by Crippen LogP contribution is -2.09. The van der Waals surface area contributed by atoms with E-state index in [1.807, 2.05) is 0 Å². The summed E-state index contributed by atoms with van der Waals surface area (Å²) < 4.78 is 26.6. The summed E-state index contributed by atoms with van der Waals surface area (Å²) in [5.41, 5.74) is 0. The highest BCUT2D eigenvalue weighted by Gasteiger charge is 2.25. The third-order valence-electron chi connectivity index (χ3n) is 2.35. The van der Waals surface area contributed by atoms with Gasteiger partial charge in [0.15, 0.2) is 15.7 Å². The van der Waals surface area contributed by atoms with Gasteiger partial charge in [-0.1, -0.05) is 0 Å². The molecule has 84 valence electrons. The predicted molar refractivity (Wildman–Crippen MR) is 59.8 cm³/mol. The molecule has 0 bridgehead atoms. The van der Waals surface area contributed by atoms with Crippen LogP contribution in [0.2, 0.25) is 0 Å². The normalized spacial score (nSPS) is 18.8. The van der Waals surface area contributed by atoms with E-state index in [-0.39, 0.29) is 0 Å². The summed E-state index contributed by atoms with van der Waals surface area (Å²) in [5.74, 6) is 0.394. The number of nitrogens with zero attached hydrogens (tertiary/aromatic N) is 2. The molecule has 1 fully saturated rings. The van der Waals surface area contributed by atoms with Gasteiger partial charge in [-0.05, 0) is 19.8 Å². The molecule has 0 saturated heterocycles. The average molecular weight is 247 g/mol. The lowest BCUT2D eigenvalue weighted by atomic mass is 10.5. The topological polar surface area (TPSA) is 72.0 Å². The van der Waals surface area contributed by atoms with Crippen LogP contribution in [0.25, 0.3) is 0 Å². The van der Waals surface area contributed by atoms with E-state index in [0.29, 0.717) is 11.9 Å². The number of nitrogens with one attached hydrogen (secondary N) is 1. The Morgan fingerprint density at radius 3 is 2.73 bits per heavy atom. The average Bonchev–Trinajstić information content (AvgIpc) is 2.80. The molecule has 1 aromatic heterocycles. The Labute approximate surface area is 93.0 Å². The van der Waals surface area contributed by atoms with Crippen molar-refractivity contribution >= 4 is 26.5 Å². The molecule has 1 unspecified atom stereocenters. The van der Waals surface area contributed by atoms with Crippen LogP contribution in [-0.4, -0.2) is 30.1 Å². The zero-order valence-electron chi connectivity index (χ0n) is 8.60. The van der Waals surface area contributed by atoms with E-state index in [0.717, 1.165) is 18.0 Å². The van der Waals surface area contributed by atoms with Gasteiger partial charge in [-0.3, -0.25) is 0 Å². The fourth-order valence-electron chi connectivity index (χ4n) is 1.05. The number of anilines is 1. The standard InChI is InChI=1S/C8H13N3O2S2/c1-5(15(2,12)13)7-10-8(14-11-7)9-6-3-4-6/h5-6H,3-4H2,1-2H3,(H,9,10,11). The lowest BCUT2D eigenvalue weighted by molar-refractivity contribution is 0.590. The second kappa shape index (κ2) is 3.71. The monoisotopic (exact) mass is 247 g/mol. The molecular formula is C8H13N3O2S2. The van der Waals surface area contributed by atoms with Gasteiger partial charge in [0.1, 0.15) is 5.25 Å². The van der Waals surface area contributed by atoms with Gasteiger partial charge in [-0.15, -0.1) is 0 Å². The van der Waals surface area contributed by atoms with E-state index in [9.17, 15) is 8.42 Å². The molecule has 1 aromatic rings. The first-order valence-electron chi connectivity index (χ1n) is 4.76. The van der Waals surface area contributed by atoms with Crippen molar-refractivity contribution in [2.24, 2.45) is 0 Å². The molecule has 1 saturated carbocycles. The Hall–Kier alpha value is -0.690. The van der Waals surface area contributed by atoms with Crippen molar-refractivity contribution < 1.29 is 8.42 Å². The summed E-state index contributed by atoms with van der Waals surface area (Å²) in [6.07, 6.45) is 3.53. The first-order chi connectivity index (χ1) is 6.97. The number of aromatic nitrogens is 2. The van der Waals surface area contributed by atoms with Crippen LogP contribution in [0, 0.1) is 0 Å². The van der Waals surface area contributed by atoms with Crippen molar-refractivity contribution in [3.63, 3.8) is 0 Å². The molecule has 1 heterocycles. The summed E-state index contributed by atoms with van der Waals surface area (Å²) >= 11 is 1.23. The maximum Gasteiger partial charge on any atom is 0.202 e. The SMILES string of the molecule is CC(c1nsc(NC2CC2)n1)S(C)(=O)=O. The largest absolute Gasteiger partial charge is 0.358 e. The van der Waals surface area contributed by atoms with Crippen molar-refractivity contribution in [3.05, 3.63) is 5.82 Å². The first kappa shape index (κ1) is 10.8. The molecule has 0 spiro atoms. The summed E-state index contributed by atoms with van der Waals surface area (Å²) in [6, 6.07) is 0.513. The fraction of sp³-hybridized carbons (Fsp3) is 0.750. The van der Waals surface area contributed by atoms with Crippen LogP contribution in [0.1, 0.15) is 30.8 Å². The second-order valence-electron chi connectivity index (χ2n) is 3.85. The number of rotatable bonds is 4. The zero-order chi connectivity index (χ0) is 11.1. The third-order valence-corrected chi connectivity index (χ3v) is 4.51. The Balaban J connectivity index is 2.11. The molecule has 5 nitrogen and oxygen atoms in total. The maximum absolute atomic E-state index is 11.3. The molecule has 0 aliphatic heterocycles. The van der Waals surface area contributed by atoms with E-state index in [2.05, 4.69) is 14.7 Å². The molecule has 1 atom stereocenters. The Bertz CT molecular complexity index is 450. The van der Waals surface area contributed by atoms with Crippen molar-refractivity contribution in [2.45, 2.75) is 31.1 Å². The van der Waals surface area contributed by atoms with Crippen molar-refractivity contribution in [1.29, 1.82) is 0 Å². The molecule has 0 radical (unpaired) electrons. The zero-order valence-corrected chi connectivity index (χ0v) is 10.2. The molecule has 2 rings (SSSR count). The van der Waals surface area contributed by atoms with Gasteiger partial charge < -0.3 is 5.32 Å². The van der Waals surface area contributed by atoms with Crippen molar-refractivity contribution in [1.82, 2.24) is 9.36 Å². The summed E-state index contributed by atoms with van der Waals surface area (Å²) in [4.78, 5) is 4.17. The van der Waals surface area contributed by atoms with E-state index >= 15 is 0 Å². The Morgan fingerprint density at radius 1 is 1.53 bits per heavy atom. The van der Waals surface area contributed by atoms with Crippen molar-refractivity contribution in [2.75, 3.05) is 11.6 Å². The van der Waals surface area contributed by atoms with Gasteiger partial charge in [0.05, 0.1) is 0 Å². The first-order valence-corrected chi connectivity index (χ1v) is 7.48. The van der Waals surface area contributed by atoms with Gasteiger partial charge in [-0.25, -0.2) is 13.4 Å². The Morgan fingerprint density at radius 2 is 2.20 bits per heavy atom. The fourth-order valence-corrected chi connectivity index (χ4v) is 2.34. The van der Waals surface area contributed by atoms with Gasteiger partial charge in [0.25, 0.3) is 0 Å². The molecule has 15 heavy (non-hydrogen) atoms. The summed E-state index contributed by atoms with van der Waals surface area (Å²) in [5, 5.41) is 3.30. The molecule has 0 aromatic carbocycles. The molecular weight excluding hydrogens is 234 g/mol. The summed E-state index contributed by atoms with van der Waals surface area (Å²) in [6.45, 7) is 1.61. The molecule has 1 N–H and O–H groups in total. The number of sulfone groups is 1. The van der Waals surface area contributed by atoms with Crippen LogP contribution in [0.5, 0.6) is 0 Å². The van der Waals surface area contributed by atoms with E-state index < -0.39 is 15.1 Å². The minimum atomic E-state index is -3.10. The highest BCUT2D eigenvalue weighted by molar-refractivity contribution is 7.90. The minimum Gasteiger partial charge on any atom is -0.358 e. The lowest BCUT2D eigenvalue weighted by Gasteiger charge is -2.03. The van der Waals surface area contributed by atoms with Gasteiger partial charge in [-0.2, -0.15) is 4.37 Å². The summed E-state index contributed by atoms with van der Waals surface area (Å²) in [7, 11) is -3.10. The highest BCUT2D eigenvalue weighted by Crippen LogP contribution is 2.27. The van der Waals surface area contributed by atoms with Crippen LogP contribution in [0.15, 0.2) is 0 Å². The van der Waals surface area contributed by atoms with E-state index in [1.165, 1.54) is 17.8 Å². The third kappa shape index (κ3) is 2.66. The van der Waals surface area contributed by atoms with Gasteiger partial charge in [0.2, 0.25) is 5.13 Å². The van der Waals surface area contributed by atoms with Crippen LogP contribution < -0.4 is 5.32 Å². The predicted octanol–water partition coefficient (Wildman–Crippen LogP) is 1.22. The molecule has 7 heteroatoms. The van der Waals surface area contributed by atoms with Gasteiger partial charge in [0, 0.05) is 23.8 Å². The molecule has 1 aliphatic carbocycles. The maximum atomic E-state index is 11.3. The Kier molecular flexibility index (Phi) is 2.68. The van der Waals surface area contributed by atoms with E-state index in [1.54, 1.807) is 6.92 Å². The highest BCUT2D eigenvalue weighted by atomic mass is 32.2. The van der Waals surface area contributed by atoms with Crippen LogP contribution in [0.3, 0.4) is 0 Å². The minimum absolute atomic E-state index is 0.394. The van der Waals surface area contributed by atoms with Crippen LogP contribution in [0.4, 0.5) is 5.13 Å².